The van der Waals surface area contributed by atoms with Crippen LogP contribution in [0, 0.1) is 13.8 Å². The zero-order valence-corrected chi connectivity index (χ0v) is 10.9. The van der Waals surface area contributed by atoms with Crippen molar-refractivity contribution in [3.63, 3.8) is 0 Å². The SMILES string of the molecule is CCC(CSC)NCc1cc(C)oc1C. The van der Waals surface area contributed by atoms with Crippen LogP contribution in [0.2, 0.25) is 0 Å². The Morgan fingerprint density at radius 3 is 2.67 bits per heavy atom. The first-order chi connectivity index (χ1) is 7.17. The highest BCUT2D eigenvalue weighted by Gasteiger charge is 2.08. The van der Waals surface area contributed by atoms with E-state index in [9.17, 15) is 0 Å². The van der Waals surface area contributed by atoms with Gasteiger partial charge in [-0.2, -0.15) is 11.8 Å². The minimum atomic E-state index is 0.606. The summed E-state index contributed by atoms with van der Waals surface area (Å²) in [6, 6.07) is 2.73. The Bertz CT molecular complexity index is 296. The fraction of sp³-hybridized carbons (Fsp3) is 0.667. The van der Waals surface area contributed by atoms with Crippen molar-refractivity contribution < 1.29 is 4.42 Å². The molecule has 0 aromatic carbocycles. The number of furan rings is 1. The lowest BCUT2D eigenvalue weighted by atomic mass is 10.2. The molecular formula is C12H21NOS. The van der Waals surface area contributed by atoms with E-state index >= 15 is 0 Å². The lowest BCUT2D eigenvalue weighted by molar-refractivity contribution is 0.492. The molecule has 1 aromatic heterocycles. The Kier molecular flexibility index (Phi) is 5.26. The van der Waals surface area contributed by atoms with Crippen LogP contribution in [0.4, 0.5) is 0 Å². The van der Waals surface area contributed by atoms with Crippen molar-refractivity contribution >= 4 is 11.8 Å². The van der Waals surface area contributed by atoms with Gasteiger partial charge >= 0.3 is 0 Å². The first-order valence-corrected chi connectivity index (χ1v) is 6.85. The van der Waals surface area contributed by atoms with E-state index in [1.807, 2.05) is 25.6 Å². The van der Waals surface area contributed by atoms with Gasteiger partial charge in [0.25, 0.3) is 0 Å². The van der Waals surface area contributed by atoms with Gasteiger partial charge in [-0.25, -0.2) is 0 Å². The van der Waals surface area contributed by atoms with Crippen LogP contribution >= 0.6 is 11.8 Å². The molecule has 1 heterocycles. The molecule has 15 heavy (non-hydrogen) atoms. The second-order valence-corrected chi connectivity index (χ2v) is 4.79. The number of thioether (sulfide) groups is 1. The van der Waals surface area contributed by atoms with Crippen molar-refractivity contribution in [2.75, 3.05) is 12.0 Å². The fourth-order valence-corrected chi connectivity index (χ4v) is 2.39. The van der Waals surface area contributed by atoms with Crippen molar-refractivity contribution in [2.24, 2.45) is 0 Å². The highest BCUT2D eigenvalue weighted by Crippen LogP contribution is 2.13. The van der Waals surface area contributed by atoms with Gasteiger partial charge in [-0.1, -0.05) is 6.92 Å². The fourth-order valence-electron chi connectivity index (χ4n) is 1.64. The number of hydrogen-bond donors (Lipinski definition) is 1. The summed E-state index contributed by atoms with van der Waals surface area (Å²) >= 11 is 1.89. The third-order valence-electron chi connectivity index (χ3n) is 2.59. The van der Waals surface area contributed by atoms with Gasteiger partial charge in [-0.15, -0.1) is 0 Å². The van der Waals surface area contributed by atoms with Gasteiger partial charge in [0.15, 0.2) is 0 Å². The molecule has 1 unspecified atom stereocenters. The lowest BCUT2D eigenvalue weighted by Crippen LogP contribution is -2.30. The van der Waals surface area contributed by atoms with Gasteiger partial charge in [-0.05, 0) is 32.6 Å². The zero-order chi connectivity index (χ0) is 11.3. The first kappa shape index (κ1) is 12.7. The van der Waals surface area contributed by atoms with Crippen LogP contribution in [-0.4, -0.2) is 18.1 Å². The second-order valence-electron chi connectivity index (χ2n) is 3.88. The molecule has 1 atom stereocenters. The van der Waals surface area contributed by atoms with E-state index < -0.39 is 0 Å². The number of aryl methyl sites for hydroxylation is 2. The van der Waals surface area contributed by atoms with E-state index in [-0.39, 0.29) is 0 Å². The van der Waals surface area contributed by atoms with Crippen molar-refractivity contribution in [2.45, 2.75) is 39.8 Å². The second kappa shape index (κ2) is 6.23. The monoisotopic (exact) mass is 227 g/mol. The first-order valence-electron chi connectivity index (χ1n) is 5.45. The summed E-state index contributed by atoms with van der Waals surface area (Å²) in [5.74, 6) is 3.22. The number of nitrogens with one attached hydrogen (secondary N) is 1. The Morgan fingerprint density at radius 2 is 2.20 bits per heavy atom. The molecule has 0 saturated carbocycles. The smallest absolute Gasteiger partial charge is 0.105 e. The maximum Gasteiger partial charge on any atom is 0.105 e. The Morgan fingerprint density at radius 1 is 1.47 bits per heavy atom. The van der Waals surface area contributed by atoms with Crippen molar-refractivity contribution in [1.29, 1.82) is 0 Å². The summed E-state index contributed by atoms with van der Waals surface area (Å²) in [7, 11) is 0. The molecule has 0 bridgehead atoms. The maximum absolute atomic E-state index is 5.50. The van der Waals surface area contributed by atoms with Crippen LogP contribution in [0.1, 0.15) is 30.4 Å². The topological polar surface area (TPSA) is 25.2 Å². The third-order valence-corrected chi connectivity index (χ3v) is 3.32. The summed E-state index contributed by atoms with van der Waals surface area (Å²) in [5.41, 5.74) is 1.28. The minimum absolute atomic E-state index is 0.606. The molecule has 2 nitrogen and oxygen atoms in total. The molecule has 1 rings (SSSR count). The van der Waals surface area contributed by atoms with Crippen LogP contribution in [0.5, 0.6) is 0 Å². The van der Waals surface area contributed by atoms with Gasteiger partial charge in [0.2, 0.25) is 0 Å². The largest absolute Gasteiger partial charge is 0.466 e. The molecule has 0 aliphatic rings. The van der Waals surface area contributed by atoms with E-state index in [2.05, 4.69) is 24.6 Å². The van der Waals surface area contributed by atoms with Crippen molar-refractivity contribution in [3.05, 3.63) is 23.2 Å². The average molecular weight is 227 g/mol. The molecule has 0 fully saturated rings. The molecule has 1 aromatic rings. The van der Waals surface area contributed by atoms with E-state index in [0.29, 0.717) is 6.04 Å². The maximum atomic E-state index is 5.50. The molecule has 0 aliphatic carbocycles. The summed E-state index contributed by atoms with van der Waals surface area (Å²) in [4.78, 5) is 0. The predicted octanol–water partition coefficient (Wildman–Crippen LogP) is 3.13. The zero-order valence-electron chi connectivity index (χ0n) is 10.1. The molecule has 0 amide bonds. The molecule has 0 spiro atoms. The minimum Gasteiger partial charge on any atom is -0.466 e. The Hall–Kier alpha value is -0.410. The number of rotatable bonds is 6. The van der Waals surface area contributed by atoms with Crippen LogP contribution in [0.25, 0.3) is 0 Å². The van der Waals surface area contributed by atoms with Crippen LogP contribution in [0.3, 0.4) is 0 Å². The Balaban J connectivity index is 2.44. The van der Waals surface area contributed by atoms with E-state index in [1.54, 1.807) is 0 Å². The molecule has 0 radical (unpaired) electrons. The highest BCUT2D eigenvalue weighted by molar-refractivity contribution is 7.98. The number of hydrogen-bond acceptors (Lipinski definition) is 3. The van der Waals surface area contributed by atoms with Crippen LogP contribution in [-0.2, 0) is 6.54 Å². The predicted molar refractivity (Wildman–Crippen MR) is 67.5 cm³/mol. The van der Waals surface area contributed by atoms with Gasteiger partial charge in [0.1, 0.15) is 11.5 Å². The van der Waals surface area contributed by atoms with E-state index in [1.165, 1.54) is 17.7 Å². The van der Waals surface area contributed by atoms with Gasteiger partial charge < -0.3 is 9.73 Å². The summed E-state index contributed by atoms with van der Waals surface area (Å²) < 4.78 is 5.50. The molecule has 86 valence electrons. The Labute approximate surface area is 96.8 Å². The highest BCUT2D eigenvalue weighted by atomic mass is 32.2. The van der Waals surface area contributed by atoms with Crippen LogP contribution in [0.15, 0.2) is 10.5 Å². The molecule has 1 N–H and O–H groups in total. The lowest BCUT2D eigenvalue weighted by Gasteiger charge is -2.15. The van der Waals surface area contributed by atoms with E-state index in [4.69, 9.17) is 4.42 Å². The molecule has 3 heteroatoms. The standard InChI is InChI=1S/C12H21NOS/c1-5-12(8-15-4)13-7-11-6-9(2)14-10(11)3/h6,12-13H,5,7-8H2,1-4H3. The van der Waals surface area contributed by atoms with Crippen molar-refractivity contribution in [1.82, 2.24) is 5.32 Å². The quantitative estimate of drug-likeness (QED) is 0.808. The molecule has 0 saturated heterocycles. The third kappa shape index (κ3) is 3.92. The average Bonchev–Trinajstić information content (AvgIpc) is 2.52. The summed E-state index contributed by atoms with van der Waals surface area (Å²) in [6.07, 6.45) is 3.33. The van der Waals surface area contributed by atoms with Gasteiger partial charge in [0.05, 0.1) is 0 Å². The van der Waals surface area contributed by atoms with Crippen molar-refractivity contribution in [3.8, 4) is 0 Å². The van der Waals surface area contributed by atoms with E-state index in [0.717, 1.165) is 18.1 Å². The van der Waals surface area contributed by atoms with Gasteiger partial charge in [0, 0.05) is 23.9 Å². The normalized spacial score (nSPS) is 13.1. The molecular weight excluding hydrogens is 206 g/mol. The van der Waals surface area contributed by atoms with Gasteiger partial charge in [-0.3, -0.25) is 0 Å². The van der Waals surface area contributed by atoms with Crippen LogP contribution < -0.4 is 5.32 Å². The molecule has 0 aliphatic heterocycles. The summed E-state index contributed by atoms with van der Waals surface area (Å²) in [6.45, 7) is 7.17. The summed E-state index contributed by atoms with van der Waals surface area (Å²) in [5, 5.41) is 3.56.